The van der Waals surface area contributed by atoms with Gasteiger partial charge in [-0.3, -0.25) is 9.59 Å². The Kier molecular flexibility index (Phi) is 52.4. The van der Waals surface area contributed by atoms with Crippen molar-refractivity contribution in [3.63, 3.8) is 0 Å². The fourth-order valence-electron chi connectivity index (χ4n) is 7.65. The Morgan fingerprint density at radius 2 is 0.734 bits per heavy atom. The van der Waals surface area contributed by atoms with E-state index in [1.165, 1.54) is 161 Å². The molecule has 0 aliphatic rings. The van der Waals surface area contributed by atoms with Crippen molar-refractivity contribution in [2.24, 2.45) is 0 Å². The highest BCUT2D eigenvalue weighted by atomic mass is 16.6. The number of hydrogen-bond acceptors (Lipinski definition) is 5. The third-order valence-corrected chi connectivity index (χ3v) is 11.7. The summed E-state index contributed by atoms with van der Waals surface area (Å²) in [6, 6.07) is 0. The summed E-state index contributed by atoms with van der Waals surface area (Å²) in [7, 11) is 0. The van der Waals surface area contributed by atoms with Gasteiger partial charge in [0.1, 0.15) is 6.61 Å². The molecule has 0 aliphatic heterocycles. The first-order valence-corrected chi connectivity index (χ1v) is 27.5. The van der Waals surface area contributed by atoms with Gasteiger partial charge >= 0.3 is 11.9 Å². The van der Waals surface area contributed by atoms with E-state index in [0.717, 1.165) is 70.6 Å². The summed E-state index contributed by atoms with van der Waals surface area (Å²) >= 11 is 0. The van der Waals surface area contributed by atoms with E-state index in [0.29, 0.717) is 19.4 Å². The molecular weight excluding hydrogens is 789 g/mol. The molecule has 0 bridgehead atoms. The van der Waals surface area contributed by atoms with Crippen molar-refractivity contribution >= 4 is 11.9 Å². The van der Waals surface area contributed by atoms with Crippen molar-refractivity contribution < 1.29 is 23.8 Å². The molecule has 0 heterocycles. The zero-order chi connectivity index (χ0) is 46.3. The lowest BCUT2D eigenvalue weighted by molar-refractivity contribution is -0.162. The van der Waals surface area contributed by atoms with Crippen molar-refractivity contribution in [1.82, 2.24) is 0 Å². The maximum Gasteiger partial charge on any atom is 0.306 e. The molecule has 0 N–H and O–H groups in total. The van der Waals surface area contributed by atoms with E-state index in [-0.39, 0.29) is 25.2 Å². The molecule has 5 nitrogen and oxygen atoms in total. The van der Waals surface area contributed by atoms with Crippen molar-refractivity contribution in [3.8, 4) is 0 Å². The second-order valence-corrected chi connectivity index (χ2v) is 18.1. The molecule has 0 spiro atoms. The van der Waals surface area contributed by atoms with Gasteiger partial charge in [-0.05, 0) is 77.0 Å². The Labute approximate surface area is 397 Å². The number of allylic oxidation sites excluding steroid dienone is 12. The fraction of sp³-hybridized carbons (Fsp3) is 0.763. The summed E-state index contributed by atoms with van der Waals surface area (Å²) in [5.41, 5.74) is 0. The van der Waals surface area contributed by atoms with Gasteiger partial charge in [-0.1, -0.05) is 248 Å². The Morgan fingerprint density at radius 1 is 0.359 bits per heavy atom. The molecule has 0 amide bonds. The van der Waals surface area contributed by atoms with Crippen molar-refractivity contribution in [1.29, 1.82) is 0 Å². The van der Waals surface area contributed by atoms with E-state index >= 15 is 0 Å². The fourth-order valence-corrected chi connectivity index (χ4v) is 7.65. The highest BCUT2D eigenvalue weighted by Crippen LogP contribution is 2.16. The normalized spacial score (nSPS) is 12.7. The number of unbranched alkanes of at least 4 members (excludes halogenated alkanes) is 27. The molecule has 5 heteroatoms. The van der Waals surface area contributed by atoms with Crippen LogP contribution in [0.15, 0.2) is 72.9 Å². The van der Waals surface area contributed by atoms with E-state index in [9.17, 15) is 9.59 Å². The standard InChI is InChI=1S/C59H104O5/c1-4-7-10-13-16-19-22-25-27-29-30-32-33-35-37-40-43-46-49-52-58(60)63-56-57(55-62-54-51-48-45-42-39-24-21-18-15-12-9-6-3)64-59(61)53-50-47-44-41-38-36-34-31-28-26-23-20-17-14-11-8-5-2/h8,11,15,17-18,20,26,28,34,36,41,44,57H,4-7,9-10,12-14,16,19,21-25,27,29-33,35,37-40,42-43,45-56H2,1-3H3/b11-8-,18-15-,20-17-,28-26-,36-34-,44-41-. The molecule has 0 saturated heterocycles. The minimum Gasteiger partial charge on any atom is -0.462 e. The van der Waals surface area contributed by atoms with Crippen LogP contribution in [-0.4, -0.2) is 37.9 Å². The minimum absolute atomic E-state index is 0.0609. The summed E-state index contributed by atoms with van der Waals surface area (Å²) in [4.78, 5) is 25.4. The zero-order valence-corrected chi connectivity index (χ0v) is 42.5. The van der Waals surface area contributed by atoms with E-state index in [4.69, 9.17) is 14.2 Å². The number of ether oxygens (including phenoxy) is 3. The quantitative estimate of drug-likeness (QED) is 0.0346. The number of carbonyl (C=O) groups excluding carboxylic acids is 2. The van der Waals surface area contributed by atoms with Crippen LogP contribution in [0.3, 0.4) is 0 Å². The summed E-state index contributed by atoms with van der Waals surface area (Å²) in [6.45, 7) is 7.64. The first kappa shape index (κ1) is 61.3. The van der Waals surface area contributed by atoms with Gasteiger partial charge in [0.25, 0.3) is 0 Å². The lowest BCUT2D eigenvalue weighted by atomic mass is 10.0. The molecule has 0 aromatic rings. The molecule has 0 aliphatic carbocycles. The van der Waals surface area contributed by atoms with Crippen LogP contribution < -0.4 is 0 Å². The molecule has 0 saturated carbocycles. The third-order valence-electron chi connectivity index (χ3n) is 11.7. The largest absolute Gasteiger partial charge is 0.462 e. The lowest BCUT2D eigenvalue weighted by Crippen LogP contribution is -2.30. The molecular formula is C59H104O5. The SMILES string of the molecule is CC/C=C\C/C=C\C/C=C\C/C=C\C/C=C\CCCC(=O)OC(COCCCCCCCC/C=C\CCCC)COC(=O)CCCCCCCCCCCCCCCCCCCCC. The average molecular weight is 893 g/mol. The Bertz CT molecular complexity index is 1150. The summed E-state index contributed by atoms with van der Waals surface area (Å²) in [6.07, 6.45) is 70.7. The van der Waals surface area contributed by atoms with Crippen LogP contribution in [0.25, 0.3) is 0 Å². The average Bonchev–Trinajstić information content (AvgIpc) is 3.30. The Balaban J connectivity index is 4.30. The van der Waals surface area contributed by atoms with Gasteiger partial charge in [-0.2, -0.15) is 0 Å². The Hall–Kier alpha value is -2.66. The van der Waals surface area contributed by atoms with Gasteiger partial charge in [-0.15, -0.1) is 0 Å². The van der Waals surface area contributed by atoms with Crippen LogP contribution in [0.4, 0.5) is 0 Å². The topological polar surface area (TPSA) is 61.8 Å². The molecule has 0 fully saturated rings. The molecule has 0 rings (SSSR count). The van der Waals surface area contributed by atoms with Crippen molar-refractivity contribution in [2.75, 3.05) is 19.8 Å². The monoisotopic (exact) mass is 893 g/mol. The Morgan fingerprint density at radius 3 is 1.23 bits per heavy atom. The molecule has 64 heavy (non-hydrogen) atoms. The van der Waals surface area contributed by atoms with Crippen molar-refractivity contribution in [2.45, 2.75) is 271 Å². The lowest BCUT2D eigenvalue weighted by Gasteiger charge is -2.18. The van der Waals surface area contributed by atoms with E-state index in [2.05, 4.69) is 93.7 Å². The van der Waals surface area contributed by atoms with Gasteiger partial charge in [0.15, 0.2) is 6.10 Å². The summed E-state index contributed by atoms with van der Waals surface area (Å²) in [5.74, 6) is -0.459. The van der Waals surface area contributed by atoms with Gasteiger partial charge < -0.3 is 14.2 Å². The highest BCUT2D eigenvalue weighted by molar-refractivity contribution is 5.70. The predicted molar refractivity (Wildman–Crippen MR) is 279 cm³/mol. The molecule has 0 aromatic heterocycles. The van der Waals surface area contributed by atoms with Gasteiger partial charge in [0.2, 0.25) is 0 Å². The second kappa shape index (κ2) is 54.7. The molecule has 0 aromatic carbocycles. The maximum atomic E-state index is 12.8. The van der Waals surface area contributed by atoms with Gasteiger partial charge in [-0.25, -0.2) is 0 Å². The van der Waals surface area contributed by atoms with Crippen LogP contribution in [-0.2, 0) is 23.8 Å². The van der Waals surface area contributed by atoms with Crippen LogP contribution in [0.1, 0.15) is 265 Å². The summed E-state index contributed by atoms with van der Waals surface area (Å²) < 4.78 is 17.4. The van der Waals surface area contributed by atoms with Crippen LogP contribution in [0.5, 0.6) is 0 Å². The van der Waals surface area contributed by atoms with Crippen LogP contribution in [0.2, 0.25) is 0 Å². The zero-order valence-electron chi connectivity index (χ0n) is 42.5. The van der Waals surface area contributed by atoms with Gasteiger partial charge in [0.05, 0.1) is 6.61 Å². The van der Waals surface area contributed by atoms with E-state index < -0.39 is 6.10 Å². The van der Waals surface area contributed by atoms with E-state index in [1.54, 1.807) is 0 Å². The summed E-state index contributed by atoms with van der Waals surface area (Å²) in [5, 5.41) is 0. The maximum absolute atomic E-state index is 12.8. The molecule has 370 valence electrons. The third kappa shape index (κ3) is 52.0. The number of rotatable bonds is 50. The molecule has 1 unspecified atom stereocenters. The smallest absolute Gasteiger partial charge is 0.306 e. The first-order valence-electron chi connectivity index (χ1n) is 27.5. The molecule has 0 radical (unpaired) electrons. The predicted octanol–water partition coefficient (Wildman–Crippen LogP) is 18.7. The van der Waals surface area contributed by atoms with Gasteiger partial charge in [0, 0.05) is 19.4 Å². The highest BCUT2D eigenvalue weighted by Gasteiger charge is 2.17. The number of esters is 2. The molecule has 1 atom stereocenters. The number of carbonyl (C=O) groups is 2. The second-order valence-electron chi connectivity index (χ2n) is 18.1. The minimum atomic E-state index is -0.569. The van der Waals surface area contributed by atoms with E-state index in [1.807, 2.05) is 0 Å². The van der Waals surface area contributed by atoms with Crippen LogP contribution in [0, 0.1) is 0 Å². The van der Waals surface area contributed by atoms with Crippen molar-refractivity contribution in [3.05, 3.63) is 72.9 Å². The first-order chi connectivity index (χ1) is 31.6. The van der Waals surface area contributed by atoms with Crippen LogP contribution >= 0.6 is 0 Å². The number of hydrogen-bond donors (Lipinski definition) is 0.